The number of hydrogen-bond acceptors (Lipinski definition) is 4. The summed E-state index contributed by atoms with van der Waals surface area (Å²) in [5.74, 6) is -0.688. The van der Waals surface area contributed by atoms with Crippen molar-refractivity contribution in [1.82, 2.24) is 0 Å². The lowest BCUT2D eigenvalue weighted by Gasteiger charge is -2.12. The van der Waals surface area contributed by atoms with Gasteiger partial charge < -0.3 is 11.1 Å². The molecular weight excluding hydrogens is 210 g/mol. The van der Waals surface area contributed by atoms with Crippen LogP contribution in [0.5, 0.6) is 0 Å². The highest BCUT2D eigenvalue weighted by Crippen LogP contribution is 2.22. The van der Waals surface area contributed by atoms with Crippen molar-refractivity contribution < 1.29 is 9.72 Å². The highest BCUT2D eigenvalue weighted by atomic mass is 16.6. The summed E-state index contributed by atoms with van der Waals surface area (Å²) in [7, 11) is 0. The number of non-ortho nitro benzene ring substituents is 1. The maximum absolute atomic E-state index is 11.1. The van der Waals surface area contributed by atoms with Crippen molar-refractivity contribution in [2.75, 3.05) is 5.32 Å². The lowest BCUT2D eigenvalue weighted by atomic mass is 10.1. The van der Waals surface area contributed by atoms with Gasteiger partial charge in [-0.2, -0.15) is 0 Å². The number of nitro benzene ring substituents is 1. The molecule has 16 heavy (non-hydrogen) atoms. The summed E-state index contributed by atoms with van der Waals surface area (Å²) >= 11 is 0. The van der Waals surface area contributed by atoms with Crippen LogP contribution in [0.15, 0.2) is 18.2 Å². The molecule has 0 spiro atoms. The minimum Gasteiger partial charge on any atom is -0.382 e. The van der Waals surface area contributed by atoms with Crippen molar-refractivity contribution in [2.24, 2.45) is 5.73 Å². The van der Waals surface area contributed by atoms with Crippen LogP contribution in [-0.2, 0) is 0 Å². The van der Waals surface area contributed by atoms with E-state index < -0.39 is 10.8 Å². The van der Waals surface area contributed by atoms with Gasteiger partial charge in [-0.25, -0.2) is 0 Å². The van der Waals surface area contributed by atoms with Gasteiger partial charge in [0.25, 0.3) is 11.6 Å². The van der Waals surface area contributed by atoms with E-state index in [2.05, 4.69) is 5.32 Å². The molecule has 0 fully saturated rings. The van der Waals surface area contributed by atoms with E-state index in [9.17, 15) is 14.9 Å². The Hall–Kier alpha value is -2.11. The lowest BCUT2D eigenvalue weighted by Crippen LogP contribution is -2.17. The molecule has 0 saturated heterocycles. The molecule has 0 aliphatic rings. The van der Waals surface area contributed by atoms with Gasteiger partial charge in [0.15, 0.2) is 0 Å². The van der Waals surface area contributed by atoms with Crippen LogP contribution >= 0.6 is 0 Å². The van der Waals surface area contributed by atoms with Gasteiger partial charge in [0.05, 0.1) is 10.5 Å². The number of hydrogen-bond donors (Lipinski definition) is 2. The average molecular weight is 223 g/mol. The Morgan fingerprint density at radius 1 is 1.50 bits per heavy atom. The molecule has 3 N–H and O–H groups in total. The number of carbonyl (C=O) groups is 1. The summed E-state index contributed by atoms with van der Waals surface area (Å²) in [5, 5.41) is 13.5. The van der Waals surface area contributed by atoms with E-state index in [0.717, 1.165) is 0 Å². The number of nitro groups is 1. The standard InChI is InChI=1S/C10H13N3O3/c1-6(2)12-9-4-3-7(13(15)16)5-8(9)10(11)14/h3-6,12H,1-2H3,(H2,11,14). The maximum atomic E-state index is 11.1. The smallest absolute Gasteiger partial charge is 0.270 e. The first kappa shape index (κ1) is 12.0. The fourth-order valence-electron chi connectivity index (χ4n) is 1.29. The molecule has 1 amide bonds. The summed E-state index contributed by atoms with van der Waals surface area (Å²) in [6, 6.07) is 4.10. The van der Waals surface area contributed by atoms with E-state index >= 15 is 0 Å². The topological polar surface area (TPSA) is 98.3 Å². The molecule has 6 heteroatoms. The van der Waals surface area contributed by atoms with Gasteiger partial charge in [-0.05, 0) is 19.9 Å². The van der Waals surface area contributed by atoms with Gasteiger partial charge in [-0.1, -0.05) is 0 Å². The molecule has 0 aliphatic carbocycles. The minimum atomic E-state index is -0.688. The fourth-order valence-corrected chi connectivity index (χ4v) is 1.29. The van der Waals surface area contributed by atoms with Gasteiger partial charge in [0.1, 0.15) is 0 Å². The van der Waals surface area contributed by atoms with Crippen LogP contribution in [-0.4, -0.2) is 16.9 Å². The number of nitrogens with zero attached hydrogens (tertiary/aromatic N) is 1. The largest absolute Gasteiger partial charge is 0.382 e. The monoisotopic (exact) mass is 223 g/mol. The predicted molar refractivity (Wildman–Crippen MR) is 60.4 cm³/mol. The molecule has 0 aromatic heterocycles. The second kappa shape index (κ2) is 4.61. The predicted octanol–water partition coefficient (Wildman–Crippen LogP) is 1.51. The molecule has 0 bridgehead atoms. The molecule has 0 unspecified atom stereocenters. The molecule has 0 radical (unpaired) electrons. The zero-order valence-corrected chi connectivity index (χ0v) is 9.06. The van der Waals surface area contributed by atoms with E-state index in [1.54, 1.807) is 0 Å². The zero-order valence-electron chi connectivity index (χ0n) is 9.06. The Morgan fingerprint density at radius 3 is 2.56 bits per heavy atom. The van der Waals surface area contributed by atoms with E-state index in [1.165, 1.54) is 18.2 Å². The van der Waals surface area contributed by atoms with E-state index in [4.69, 9.17) is 5.73 Å². The first-order valence-electron chi connectivity index (χ1n) is 4.76. The quantitative estimate of drug-likeness (QED) is 0.597. The number of nitrogens with one attached hydrogen (secondary N) is 1. The Kier molecular flexibility index (Phi) is 3.44. The second-order valence-corrected chi connectivity index (χ2v) is 3.65. The number of anilines is 1. The van der Waals surface area contributed by atoms with Crippen LogP contribution in [0.25, 0.3) is 0 Å². The summed E-state index contributed by atoms with van der Waals surface area (Å²) in [4.78, 5) is 21.1. The zero-order chi connectivity index (χ0) is 12.3. The number of amides is 1. The van der Waals surface area contributed by atoms with Crippen LogP contribution in [0.4, 0.5) is 11.4 Å². The Labute approximate surface area is 92.6 Å². The van der Waals surface area contributed by atoms with Crippen molar-refractivity contribution >= 4 is 17.3 Å². The van der Waals surface area contributed by atoms with Gasteiger partial charge in [-0.15, -0.1) is 0 Å². The first-order valence-corrected chi connectivity index (χ1v) is 4.76. The third kappa shape index (κ3) is 2.69. The Balaban J connectivity index is 3.19. The van der Waals surface area contributed by atoms with E-state index in [-0.39, 0.29) is 17.3 Å². The van der Waals surface area contributed by atoms with Crippen molar-refractivity contribution in [2.45, 2.75) is 19.9 Å². The third-order valence-corrected chi connectivity index (χ3v) is 1.92. The summed E-state index contributed by atoms with van der Waals surface area (Å²) in [6.45, 7) is 3.79. The Bertz CT molecular complexity index is 429. The normalized spacial score (nSPS) is 10.2. The first-order chi connectivity index (χ1) is 7.41. The van der Waals surface area contributed by atoms with Gasteiger partial charge in [-0.3, -0.25) is 14.9 Å². The van der Waals surface area contributed by atoms with Gasteiger partial charge in [0.2, 0.25) is 0 Å². The van der Waals surface area contributed by atoms with Crippen LogP contribution in [0.1, 0.15) is 24.2 Å². The number of nitrogens with two attached hydrogens (primary N) is 1. The molecule has 0 saturated carbocycles. The molecule has 1 aromatic carbocycles. The van der Waals surface area contributed by atoms with Crippen molar-refractivity contribution in [1.29, 1.82) is 0 Å². The van der Waals surface area contributed by atoms with Crippen LogP contribution < -0.4 is 11.1 Å². The fraction of sp³-hybridized carbons (Fsp3) is 0.300. The van der Waals surface area contributed by atoms with E-state index in [1.807, 2.05) is 13.8 Å². The van der Waals surface area contributed by atoms with Gasteiger partial charge >= 0.3 is 0 Å². The van der Waals surface area contributed by atoms with Crippen LogP contribution in [0, 0.1) is 10.1 Å². The number of carbonyl (C=O) groups excluding carboxylic acids is 1. The molecular formula is C10H13N3O3. The minimum absolute atomic E-state index is 0.111. The highest BCUT2D eigenvalue weighted by Gasteiger charge is 2.14. The summed E-state index contributed by atoms with van der Waals surface area (Å²) in [6.07, 6.45) is 0. The van der Waals surface area contributed by atoms with Crippen molar-refractivity contribution in [3.63, 3.8) is 0 Å². The third-order valence-electron chi connectivity index (χ3n) is 1.92. The summed E-state index contributed by atoms with van der Waals surface area (Å²) in [5.41, 5.74) is 5.64. The Morgan fingerprint density at radius 2 is 2.12 bits per heavy atom. The molecule has 1 aromatic rings. The second-order valence-electron chi connectivity index (χ2n) is 3.65. The van der Waals surface area contributed by atoms with Gasteiger partial charge in [0, 0.05) is 23.9 Å². The van der Waals surface area contributed by atoms with Crippen LogP contribution in [0.3, 0.4) is 0 Å². The molecule has 86 valence electrons. The average Bonchev–Trinajstić information content (AvgIpc) is 2.16. The number of rotatable bonds is 4. The summed E-state index contributed by atoms with van der Waals surface area (Å²) < 4.78 is 0. The van der Waals surface area contributed by atoms with Crippen molar-refractivity contribution in [3.8, 4) is 0 Å². The number of primary amides is 1. The molecule has 0 atom stereocenters. The SMILES string of the molecule is CC(C)Nc1ccc([N+](=O)[O-])cc1C(N)=O. The lowest BCUT2D eigenvalue weighted by molar-refractivity contribution is -0.384. The van der Waals surface area contributed by atoms with Crippen LogP contribution in [0.2, 0.25) is 0 Å². The molecule has 6 nitrogen and oxygen atoms in total. The maximum Gasteiger partial charge on any atom is 0.270 e. The van der Waals surface area contributed by atoms with Crippen molar-refractivity contribution in [3.05, 3.63) is 33.9 Å². The highest BCUT2D eigenvalue weighted by molar-refractivity contribution is 5.99. The molecule has 1 rings (SSSR count). The molecule has 0 aliphatic heterocycles. The van der Waals surface area contributed by atoms with E-state index in [0.29, 0.717) is 5.69 Å². The molecule has 0 heterocycles. The number of benzene rings is 1.